The number of amides is 2. The Hall–Kier alpha value is -3.95. The Morgan fingerprint density at radius 1 is 0.800 bits per heavy atom. The van der Waals surface area contributed by atoms with Crippen LogP contribution in [0.2, 0.25) is 0 Å². The molecular weight excluding hydrogens is 650 g/mol. The van der Waals surface area contributed by atoms with Gasteiger partial charge in [-0.25, -0.2) is 8.42 Å². The van der Waals surface area contributed by atoms with Crippen molar-refractivity contribution in [2.75, 3.05) is 10.8 Å². The first-order valence-corrected chi connectivity index (χ1v) is 17.4. The summed E-state index contributed by atoms with van der Waals surface area (Å²) < 4.78 is 30.2. The highest BCUT2D eigenvalue weighted by Crippen LogP contribution is 2.26. The Morgan fingerprint density at radius 2 is 1.42 bits per heavy atom. The molecule has 9 heteroatoms. The summed E-state index contributed by atoms with van der Waals surface area (Å²) in [6.45, 7) is 5.55. The van der Waals surface area contributed by atoms with E-state index >= 15 is 0 Å². The van der Waals surface area contributed by atoms with Crippen molar-refractivity contribution in [2.45, 2.75) is 63.6 Å². The number of carbonyl (C=O) groups excluding carboxylic acids is 2. The summed E-state index contributed by atoms with van der Waals surface area (Å²) in [5.41, 5.74) is 3.10. The lowest BCUT2D eigenvalue weighted by Gasteiger charge is -2.34. The van der Waals surface area contributed by atoms with Gasteiger partial charge in [-0.2, -0.15) is 0 Å². The number of halogens is 1. The SMILES string of the molecule is CCc1ccc(N(CC(=O)N(Cc2cccc(Br)c2)[C@H](Cc2ccccc2)C(=O)N[C@@H](C)CC)S(=O)(=O)c2ccccc2)cc1. The molecule has 0 spiro atoms. The van der Waals surface area contributed by atoms with E-state index in [0.717, 1.165) is 38.3 Å². The van der Waals surface area contributed by atoms with Crippen LogP contribution >= 0.6 is 15.9 Å². The molecule has 2 amide bonds. The van der Waals surface area contributed by atoms with Crippen molar-refractivity contribution in [3.8, 4) is 0 Å². The zero-order valence-corrected chi connectivity index (χ0v) is 28.3. The molecule has 0 saturated heterocycles. The van der Waals surface area contributed by atoms with E-state index in [1.54, 1.807) is 30.3 Å². The largest absolute Gasteiger partial charge is 0.352 e. The smallest absolute Gasteiger partial charge is 0.264 e. The Labute approximate surface area is 275 Å². The minimum Gasteiger partial charge on any atom is -0.352 e. The highest BCUT2D eigenvalue weighted by atomic mass is 79.9. The second-order valence-electron chi connectivity index (χ2n) is 11.0. The summed E-state index contributed by atoms with van der Waals surface area (Å²) >= 11 is 3.52. The molecule has 0 heterocycles. The summed E-state index contributed by atoms with van der Waals surface area (Å²) in [6, 6.07) is 31.4. The van der Waals surface area contributed by atoms with Crippen molar-refractivity contribution in [2.24, 2.45) is 0 Å². The van der Waals surface area contributed by atoms with Crippen LogP contribution in [-0.4, -0.2) is 43.8 Å². The van der Waals surface area contributed by atoms with E-state index in [2.05, 4.69) is 21.2 Å². The maximum absolute atomic E-state index is 14.5. The minimum atomic E-state index is -4.13. The first kappa shape index (κ1) is 33.9. The Bertz CT molecular complexity index is 1670. The molecule has 0 fully saturated rings. The molecule has 2 atom stereocenters. The second kappa shape index (κ2) is 15.9. The molecule has 4 aromatic carbocycles. The molecule has 4 aromatic rings. The van der Waals surface area contributed by atoms with Crippen LogP contribution in [0.25, 0.3) is 0 Å². The van der Waals surface area contributed by atoms with Crippen LogP contribution in [0.1, 0.15) is 43.9 Å². The van der Waals surface area contributed by atoms with Crippen molar-refractivity contribution in [1.29, 1.82) is 0 Å². The summed E-state index contributed by atoms with van der Waals surface area (Å²) in [4.78, 5) is 30.0. The van der Waals surface area contributed by atoms with Gasteiger partial charge in [-0.3, -0.25) is 13.9 Å². The van der Waals surface area contributed by atoms with E-state index in [0.29, 0.717) is 5.69 Å². The van der Waals surface area contributed by atoms with Crippen molar-refractivity contribution < 1.29 is 18.0 Å². The van der Waals surface area contributed by atoms with Gasteiger partial charge < -0.3 is 10.2 Å². The quantitative estimate of drug-likeness (QED) is 0.159. The van der Waals surface area contributed by atoms with Crippen LogP contribution in [0.5, 0.6) is 0 Å². The van der Waals surface area contributed by atoms with E-state index in [-0.39, 0.29) is 29.8 Å². The van der Waals surface area contributed by atoms with Crippen LogP contribution in [0, 0.1) is 0 Å². The number of nitrogens with one attached hydrogen (secondary N) is 1. The van der Waals surface area contributed by atoms with Crippen LogP contribution in [0.4, 0.5) is 5.69 Å². The van der Waals surface area contributed by atoms with Gasteiger partial charge >= 0.3 is 0 Å². The van der Waals surface area contributed by atoms with Gasteiger partial charge in [0.15, 0.2) is 0 Å². The molecule has 4 rings (SSSR count). The van der Waals surface area contributed by atoms with Crippen molar-refractivity contribution >= 4 is 43.5 Å². The van der Waals surface area contributed by atoms with Crippen molar-refractivity contribution in [3.05, 3.63) is 130 Å². The van der Waals surface area contributed by atoms with Gasteiger partial charge in [0.1, 0.15) is 12.6 Å². The molecule has 0 unspecified atom stereocenters. The number of benzene rings is 4. The second-order valence-corrected chi connectivity index (χ2v) is 13.8. The van der Waals surface area contributed by atoms with Gasteiger partial charge in [-0.1, -0.05) is 103 Å². The highest BCUT2D eigenvalue weighted by molar-refractivity contribution is 9.10. The lowest BCUT2D eigenvalue weighted by atomic mass is 10.0. The number of sulfonamides is 1. The molecule has 0 radical (unpaired) electrons. The topological polar surface area (TPSA) is 86.8 Å². The molecule has 0 aliphatic rings. The average molecular weight is 691 g/mol. The molecule has 0 saturated carbocycles. The van der Waals surface area contributed by atoms with Gasteiger partial charge in [0.2, 0.25) is 11.8 Å². The van der Waals surface area contributed by atoms with Gasteiger partial charge in [-0.15, -0.1) is 0 Å². The number of rotatable bonds is 14. The summed E-state index contributed by atoms with van der Waals surface area (Å²) in [6.07, 6.45) is 1.78. The highest BCUT2D eigenvalue weighted by Gasteiger charge is 2.35. The Balaban J connectivity index is 1.80. The number of anilines is 1. The number of carbonyl (C=O) groups is 2. The van der Waals surface area contributed by atoms with E-state index in [4.69, 9.17) is 0 Å². The number of aryl methyl sites for hydroxylation is 1. The molecule has 0 aromatic heterocycles. The molecule has 0 aliphatic carbocycles. The molecule has 7 nitrogen and oxygen atoms in total. The Kier molecular flexibility index (Phi) is 12.0. The standard InChI is InChI=1S/C36H40BrN3O4S/c1-4-27(3)38-36(42)34(24-29-13-8-6-9-14-29)39(25-30-15-12-16-31(37)23-30)35(41)26-40(32-21-19-28(5-2)20-22-32)45(43,44)33-17-10-7-11-18-33/h6-23,27,34H,4-5,24-26H2,1-3H3,(H,38,42)/t27-,34+/m0/s1. The Morgan fingerprint density at radius 3 is 2.02 bits per heavy atom. The van der Waals surface area contributed by atoms with E-state index < -0.39 is 28.5 Å². The molecule has 0 aliphatic heterocycles. The van der Waals surface area contributed by atoms with E-state index in [1.807, 2.05) is 87.5 Å². The van der Waals surface area contributed by atoms with Gasteiger partial charge in [0.05, 0.1) is 10.6 Å². The zero-order valence-electron chi connectivity index (χ0n) is 25.9. The van der Waals surface area contributed by atoms with E-state index in [9.17, 15) is 18.0 Å². The molecule has 1 N–H and O–H groups in total. The van der Waals surface area contributed by atoms with Gasteiger partial charge in [-0.05, 0) is 72.9 Å². The van der Waals surface area contributed by atoms with Crippen LogP contribution < -0.4 is 9.62 Å². The third kappa shape index (κ3) is 9.05. The number of hydrogen-bond donors (Lipinski definition) is 1. The third-order valence-electron chi connectivity index (χ3n) is 7.76. The fourth-order valence-electron chi connectivity index (χ4n) is 4.97. The maximum atomic E-state index is 14.5. The predicted molar refractivity (Wildman–Crippen MR) is 183 cm³/mol. The van der Waals surface area contributed by atoms with Gasteiger partial charge in [0.25, 0.3) is 10.0 Å². The normalized spacial score (nSPS) is 12.6. The summed E-state index contributed by atoms with van der Waals surface area (Å²) in [5, 5.41) is 3.06. The first-order valence-electron chi connectivity index (χ1n) is 15.2. The summed E-state index contributed by atoms with van der Waals surface area (Å²) in [5.74, 6) is -0.782. The predicted octanol–water partition coefficient (Wildman–Crippen LogP) is 6.76. The first-order chi connectivity index (χ1) is 21.6. The van der Waals surface area contributed by atoms with Crippen molar-refractivity contribution in [1.82, 2.24) is 10.2 Å². The fourth-order valence-corrected chi connectivity index (χ4v) is 6.86. The molecule has 0 bridgehead atoms. The summed E-state index contributed by atoms with van der Waals surface area (Å²) in [7, 11) is -4.13. The third-order valence-corrected chi connectivity index (χ3v) is 10.0. The zero-order chi connectivity index (χ0) is 32.4. The van der Waals surface area contributed by atoms with Gasteiger partial charge in [0, 0.05) is 23.5 Å². The molecule has 45 heavy (non-hydrogen) atoms. The fraction of sp³-hybridized carbons (Fsp3) is 0.278. The lowest BCUT2D eigenvalue weighted by molar-refractivity contribution is -0.140. The monoisotopic (exact) mass is 689 g/mol. The number of nitrogens with zero attached hydrogens (tertiary/aromatic N) is 2. The van der Waals surface area contributed by atoms with E-state index in [1.165, 1.54) is 17.0 Å². The lowest BCUT2D eigenvalue weighted by Crippen LogP contribution is -2.54. The maximum Gasteiger partial charge on any atom is 0.264 e. The minimum absolute atomic E-state index is 0.0752. The van der Waals surface area contributed by atoms with Crippen molar-refractivity contribution in [3.63, 3.8) is 0 Å². The number of hydrogen-bond acceptors (Lipinski definition) is 4. The van der Waals surface area contributed by atoms with Crippen LogP contribution in [-0.2, 0) is 39.0 Å². The van der Waals surface area contributed by atoms with Crippen LogP contribution in [0.3, 0.4) is 0 Å². The molecular formula is C36H40BrN3O4S. The average Bonchev–Trinajstić information content (AvgIpc) is 3.06. The molecule has 236 valence electrons. The van der Waals surface area contributed by atoms with Crippen LogP contribution in [0.15, 0.2) is 119 Å².